The van der Waals surface area contributed by atoms with Crippen molar-refractivity contribution in [3.05, 3.63) is 21.9 Å². The number of nitrogens with zero attached hydrogens (tertiary/aromatic N) is 2. The van der Waals surface area contributed by atoms with Crippen LogP contribution in [-0.2, 0) is 0 Å². The van der Waals surface area contributed by atoms with Gasteiger partial charge in [0, 0.05) is 46.0 Å². The van der Waals surface area contributed by atoms with Crippen LogP contribution in [0.5, 0.6) is 0 Å². The van der Waals surface area contributed by atoms with Gasteiger partial charge in [-0.1, -0.05) is 85.0 Å². The second kappa shape index (κ2) is 29.4. The molecular weight excluding hydrogens is 1060 g/mol. The Bertz CT molecular complexity index is 2760. The van der Waals surface area contributed by atoms with Gasteiger partial charge in [0.25, 0.3) is 0 Å². The number of thiophene rings is 1. The van der Waals surface area contributed by atoms with Crippen molar-refractivity contribution in [2.24, 2.45) is 81.3 Å². The lowest BCUT2D eigenvalue weighted by Crippen LogP contribution is -2.57. The third-order valence-corrected chi connectivity index (χ3v) is 28.5. The minimum atomic E-state index is -0.488. The number of hydrogen-bond acceptors (Lipinski definition) is 3. The molecule has 0 spiro atoms. The summed E-state index contributed by atoms with van der Waals surface area (Å²) < 4.78 is 0. The molecule has 6 unspecified atom stereocenters. The maximum absolute atomic E-state index is 5.47. The zero-order valence-electron chi connectivity index (χ0n) is 55.0. The molecule has 6 atom stereocenters. The normalized spacial score (nSPS) is 35.8. The van der Waals surface area contributed by atoms with Crippen LogP contribution in [0.25, 0.3) is 0 Å². The number of fused-ring (bicyclic) bond motifs is 3. The minimum absolute atomic E-state index is 0.371. The zero-order valence-corrected chi connectivity index (χ0v) is 55.8. The highest BCUT2D eigenvalue weighted by Crippen LogP contribution is 2.66. The van der Waals surface area contributed by atoms with Gasteiger partial charge in [-0.05, 0) is 365 Å². The molecule has 460 valence electrons. The van der Waals surface area contributed by atoms with Gasteiger partial charge in [-0.15, -0.1) is 24.2 Å². The van der Waals surface area contributed by atoms with Gasteiger partial charge >= 0.3 is 0 Å². The average molecular weight is 1170 g/mol. The maximum atomic E-state index is 5.47. The van der Waals surface area contributed by atoms with E-state index in [2.05, 4.69) is 146 Å². The summed E-state index contributed by atoms with van der Waals surface area (Å²) in [5.74, 6) is 51.0. The molecule has 0 amide bonds. The second-order valence-corrected chi connectivity index (χ2v) is 33.2. The molecule has 10 aliphatic rings. The summed E-state index contributed by atoms with van der Waals surface area (Å²) in [7, 11) is 0. The first kappa shape index (κ1) is 63.7. The molecule has 0 aromatic carbocycles. The van der Waals surface area contributed by atoms with E-state index >= 15 is 0 Å². The summed E-state index contributed by atoms with van der Waals surface area (Å²) in [4.78, 5) is 9.57. The van der Waals surface area contributed by atoms with Gasteiger partial charge in [-0.3, -0.25) is 9.80 Å². The van der Waals surface area contributed by atoms with E-state index in [-0.39, 0.29) is 0 Å². The summed E-state index contributed by atoms with van der Waals surface area (Å²) >= 11 is 1.99. The molecule has 10 aliphatic carbocycles. The average Bonchev–Trinajstić information content (AvgIpc) is 1.63. The summed E-state index contributed by atoms with van der Waals surface area (Å²) in [6.07, 6.45) is 61.9. The smallest absolute Gasteiger partial charge is 0.100 e. The van der Waals surface area contributed by atoms with Crippen molar-refractivity contribution in [2.75, 3.05) is 0 Å². The Kier molecular flexibility index (Phi) is 21.7. The van der Waals surface area contributed by atoms with Crippen LogP contribution in [0.4, 0.5) is 0 Å². The van der Waals surface area contributed by atoms with Crippen LogP contribution in [0.15, 0.2) is 12.1 Å². The number of terminal acetylenes is 2. The van der Waals surface area contributed by atoms with Gasteiger partial charge in [0.2, 0.25) is 0 Å². The van der Waals surface area contributed by atoms with Crippen LogP contribution >= 0.6 is 11.3 Å². The highest BCUT2D eigenvalue weighted by molar-refractivity contribution is 7.12. The highest BCUT2D eigenvalue weighted by atomic mass is 32.1. The van der Waals surface area contributed by atoms with Crippen molar-refractivity contribution in [3.63, 3.8) is 0 Å². The van der Waals surface area contributed by atoms with Crippen LogP contribution in [-0.4, -0.2) is 46.1 Å². The highest BCUT2D eigenvalue weighted by Gasteiger charge is 2.62. The van der Waals surface area contributed by atoms with Crippen LogP contribution in [0, 0.1) is 184 Å². The van der Waals surface area contributed by atoms with Crippen molar-refractivity contribution in [2.45, 2.75) is 315 Å². The van der Waals surface area contributed by atoms with E-state index in [0.29, 0.717) is 46.3 Å². The Morgan fingerprint density at radius 3 is 1.22 bits per heavy atom. The number of rotatable bonds is 12. The molecule has 0 radical (unpaired) electrons. The van der Waals surface area contributed by atoms with Gasteiger partial charge in [0.05, 0.1) is 0 Å². The molecular formula is C83H112N2S. The minimum Gasteiger partial charge on any atom is -0.294 e. The molecule has 0 aliphatic heterocycles. The first-order chi connectivity index (χ1) is 41.9. The molecule has 11 rings (SSSR count). The summed E-state index contributed by atoms with van der Waals surface area (Å²) in [5.41, 5.74) is 0.511. The Balaban J connectivity index is 0.794. The molecule has 86 heavy (non-hydrogen) atoms. The molecule has 2 nitrogen and oxygen atoms in total. The number of aryl methyl sites for hydroxylation is 1. The SMILES string of the molecule is C#CC#CC#CC#CC1(C#CC#CC#CC#C)C2CC(c3ccc(C)s3)CCC2C2CCC(C3CCC(N(C4CCC(C)CC4)C4CCC(N(C5CCC(C(C)(C)C6CCCCC6)CC5)C5CCC(C(C)(C)C6CCCCC6)CC5)CC4)CC3)CC21. The zero-order chi connectivity index (χ0) is 59.7. The molecule has 0 N–H and O–H groups in total. The van der Waals surface area contributed by atoms with E-state index in [1.165, 1.54) is 234 Å². The summed E-state index contributed by atoms with van der Waals surface area (Å²) in [5, 5.41) is 0. The van der Waals surface area contributed by atoms with Crippen molar-refractivity contribution >= 4 is 11.3 Å². The Morgan fingerprint density at radius 1 is 0.407 bits per heavy atom. The fourth-order valence-corrected chi connectivity index (χ4v) is 23.5. The van der Waals surface area contributed by atoms with E-state index < -0.39 is 5.41 Å². The van der Waals surface area contributed by atoms with E-state index in [0.717, 1.165) is 78.2 Å². The first-order valence-corrected chi connectivity index (χ1v) is 37.3. The standard InChI is InChI=1S/C83H112N2S/c1-9-11-13-15-17-25-57-83(58-26-18-16-14-12-10-2)78-59-64(36-54-76(78)77-55-37-65(60-79(77)83)80-56-33-62(4)86-80)63-34-44-71(45-35-63)84(70-42-31-61(3)32-43-70)74-50-52-75(53-51-74)85(72-46-38-68(39-47-72)81(5,6)66-27-21-19-22-28-66)73-48-40-69(41-49-73)82(7,8)67-29-23-20-24-30-67/h1-2,33,56,61,63-79H,19-24,27-32,34-55,59-60H2,3-8H3. The van der Waals surface area contributed by atoms with Gasteiger partial charge in [0.15, 0.2) is 0 Å². The monoisotopic (exact) mass is 1170 g/mol. The van der Waals surface area contributed by atoms with Gasteiger partial charge in [-0.2, -0.15) is 0 Å². The van der Waals surface area contributed by atoms with Crippen LogP contribution in [0.3, 0.4) is 0 Å². The molecule has 3 heteroatoms. The lowest BCUT2D eigenvalue weighted by atomic mass is 9.60. The fourth-order valence-electron chi connectivity index (χ4n) is 22.5. The van der Waals surface area contributed by atoms with E-state index in [4.69, 9.17) is 12.8 Å². The Hall–Kier alpha value is -3.90. The predicted octanol–water partition coefficient (Wildman–Crippen LogP) is 19.3. The largest absolute Gasteiger partial charge is 0.294 e. The number of hydrogen-bond donors (Lipinski definition) is 0. The van der Waals surface area contributed by atoms with Gasteiger partial charge < -0.3 is 0 Å². The molecule has 10 fully saturated rings. The lowest BCUT2D eigenvalue weighted by Gasteiger charge is -2.54. The van der Waals surface area contributed by atoms with E-state index in [1.54, 1.807) is 0 Å². The third-order valence-electron chi connectivity index (χ3n) is 27.3. The molecule has 0 saturated heterocycles. The van der Waals surface area contributed by atoms with E-state index in [1.807, 2.05) is 11.3 Å². The summed E-state index contributed by atoms with van der Waals surface area (Å²) in [6.45, 7) is 15.6. The first-order valence-electron chi connectivity index (χ1n) is 36.4. The van der Waals surface area contributed by atoms with Crippen molar-refractivity contribution in [3.8, 4) is 95.7 Å². The molecule has 0 bridgehead atoms. The topological polar surface area (TPSA) is 6.48 Å². The Labute approximate surface area is 531 Å². The van der Waals surface area contributed by atoms with Gasteiger partial charge in [0.1, 0.15) is 5.41 Å². The van der Waals surface area contributed by atoms with Crippen molar-refractivity contribution < 1.29 is 0 Å². The fraction of sp³-hybridized carbons (Fsp3) is 0.759. The predicted molar refractivity (Wildman–Crippen MR) is 363 cm³/mol. The molecule has 1 aromatic heterocycles. The maximum Gasteiger partial charge on any atom is 0.100 e. The molecule has 1 heterocycles. The third kappa shape index (κ3) is 14.3. The van der Waals surface area contributed by atoms with Crippen molar-refractivity contribution in [1.82, 2.24) is 9.80 Å². The summed E-state index contributed by atoms with van der Waals surface area (Å²) in [6, 6.07) is 9.35. The Morgan fingerprint density at radius 2 is 0.779 bits per heavy atom. The van der Waals surface area contributed by atoms with Crippen LogP contribution in [0.2, 0.25) is 0 Å². The second-order valence-electron chi connectivity index (χ2n) is 31.9. The van der Waals surface area contributed by atoms with Gasteiger partial charge in [-0.25, -0.2) is 0 Å². The van der Waals surface area contributed by atoms with Crippen LogP contribution in [0.1, 0.15) is 281 Å². The molecule has 1 aromatic rings. The van der Waals surface area contributed by atoms with Crippen molar-refractivity contribution in [1.29, 1.82) is 0 Å². The lowest BCUT2D eigenvalue weighted by molar-refractivity contribution is -0.0439. The van der Waals surface area contributed by atoms with Crippen LogP contribution < -0.4 is 0 Å². The van der Waals surface area contributed by atoms with E-state index in [9.17, 15) is 0 Å². The quantitative estimate of drug-likeness (QED) is 0.193. The molecule has 10 saturated carbocycles.